The Bertz CT molecular complexity index is 615. The van der Waals surface area contributed by atoms with Gasteiger partial charge in [-0.1, -0.05) is 11.6 Å². The van der Waals surface area contributed by atoms with E-state index in [1.165, 1.54) is 0 Å². The first-order chi connectivity index (χ1) is 8.61. The quantitative estimate of drug-likeness (QED) is 0.853. The first-order valence-corrected chi connectivity index (χ1v) is 5.62. The van der Waals surface area contributed by atoms with Gasteiger partial charge in [-0.25, -0.2) is 9.59 Å². The van der Waals surface area contributed by atoms with Crippen LogP contribution in [0.1, 0.15) is 17.5 Å². The number of aromatic nitrogens is 3. The minimum absolute atomic E-state index is 0.128. The van der Waals surface area contributed by atoms with Crippen LogP contribution in [0.5, 0.6) is 0 Å². The number of esters is 1. The molecule has 0 spiro atoms. The van der Waals surface area contributed by atoms with Gasteiger partial charge in [0.15, 0.2) is 0 Å². The number of H-pyrrole nitrogens is 1. The molecular formula is C11H10ClN3O3. The summed E-state index contributed by atoms with van der Waals surface area (Å²) in [5.41, 5.74) is -0.00317. The molecule has 18 heavy (non-hydrogen) atoms. The Morgan fingerprint density at radius 3 is 2.72 bits per heavy atom. The van der Waals surface area contributed by atoms with Gasteiger partial charge in [-0.15, -0.1) is 5.10 Å². The fourth-order valence-corrected chi connectivity index (χ4v) is 1.50. The first-order valence-electron chi connectivity index (χ1n) is 5.24. The highest BCUT2D eigenvalue weighted by atomic mass is 35.5. The highest BCUT2D eigenvalue weighted by Crippen LogP contribution is 2.11. The third kappa shape index (κ3) is 2.43. The van der Waals surface area contributed by atoms with E-state index in [1.807, 2.05) is 0 Å². The monoisotopic (exact) mass is 267 g/mol. The topological polar surface area (TPSA) is 77.0 Å². The van der Waals surface area contributed by atoms with Gasteiger partial charge in [-0.2, -0.15) is 4.68 Å². The summed E-state index contributed by atoms with van der Waals surface area (Å²) in [6.07, 6.45) is 0. The average molecular weight is 268 g/mol. The van der Waals surface area contributed by atoms with E-state index in [2.05, 4.69) is 10.1 Å². The van der Waals surface area contributed by atoms with Crippen molar-refractivity contribution >= 4 is 17.6 Å². The normalized spacial score (nSPS) is 10.3. The van der Waals surface area contributed by atoms with Crippen LogP contribution in [-0.4, -0.2) is 27.3 Å². The van der Waals surface area contributed by atoms with Gasteiger partial charge in [-0.3, -0.25) is 4.98 Å². The van der Waals surface area contributed by atoms with Crippen molar-refractivity contribution in [3.63, 3.8) is 0 Å². The highest BCUT2D eigenvalue weighted by Gasteiger charge is 2.14. The lowest BCUT2D eigenvalue weighted by Crippen LogP contribution is -2.15. The average Bonchev–Trinajstić information content (AvgIpc) is 2.73. The predicted molar refractivity (Wildman–Crippen MR) is 65.2 cm³/mol. The molecule has 0 saturated carbocycles. The summed E-state index contributed by atoms with van der Waals surface area (Å²) < 4.78 is 5.82. The molecule has 1 aromatic carbocycles. The van der Waals surface area contributed by atoms with Crippen LogP contribution in [0.25, 0.3) is 5.69 Å². The van der Waals surface area contributed by atoms with Crippen molar-refractivity contribution in [2.24, 2.45) is 0 Å². The maximum atomic E-state index is 11.6. The van der Waals surface area contributed by atoms with E-state index < -0.39 is 11.7 Å². The van der Waals surface area contributed by atoms with Crippen LogP contribution in [0.3, 0.4) is 0 Å². The highest BCUT2D eigenvalue weighted by molar-refractivity contribution is 6.30. The zero-order valence-corrected chi connectivity index (χ0v) is 10.3. The Morgan fingerprint density at radius 2 is 2.11 bits per heavy atom. The minimum Gasteiger partial charge on any atom is -0.460 e. The minimum atomic E-state index is -0.665. The van der Waals surface area contributed by atoms with Gasteiger partial charge >= 0.3 is 11.7 Å². The Kier molecular flexibility index (Phi) is 3.47. The molecule has 0 fully saturated rings. The van der Waals surface area contributed by atoms with Crippen molar-refractivity contribution in [2.45, 2.75) is 6.92 Å². The van der Waals surface area contributed by atoms with Gasteiger partial charge in [0.05, 0.1) is 12.3 Å². The molecule has 0 radical (unpaired) electrons. The molecule has 2 aromatic rings. The second kappa shape index (κ2) is 5.05. The number of ether oxygens (including phenoxy) is 1. The summed E-state index contributed by atoms with van der Waals surface area (Å²) in [5, 5.41) is 4.41. The number of nitrogens with zero attached hydrogens (tertiary/aromatic N) is 2. The molecule has 7 heteroatoms. The first kappa shape index (κ1) is 12.4. The standard InChI is InChI=1S/C11H10ClN3O3/c1-2-18-10(16)9-13-11(17)15(14-9)8-5-3-7(12)4-6-8/h3-6H,2H2,1H3,(H,13,14,17). The maximum Gasteiger partial charge on any atom is 0.376 e. The van der Waals surface area contributed by atoms with E-state index in [1.54, 1.807) is 31.2 Å². The van der Waals surface area contributed by atoms with E-state index in [9.17, 15) is 9.59 Å². The van der Waals surface area contributed by atoms with Crippen LogP contribution >= 0.6 is 11.6 Å². The van der Waals surface area contributed by atoms with Crippen molar-refractivity contribution in [3.8, 4) is 5.69 Å². The number of hydrogen-bond acceptors (Lipinski definition) is 4. The molecule has 1 aromatic heterocycles. The molecule has 0 unspecified atom stereocenters. The summed E-state index contributed by atoms with van der Waals surface area (Å²) in [7, 11) is 0. The number of aromatic amines is 1. The Hall–Kier alpha value is -2.08. The molecule has 94 valence electrons. The van der Waals surface area contributed by atoms with Gasteiger partial charge in [0.25, 0.3) is 0 Å². The molecule has 0 saturated heterocycles. The number of halogens is 1. The fourth-order valence-electron chi connectivity index (χ4n) is 1.37. The second-order valence-corrected chi connectivity index (χ2v) is 3.82. The molecule has 0 atom stereocenters. The molecule has 1 heterocycles. The summed E-state index contributed by atoms with van der Waals surface area (Å²) in [6, 6.07) is 6.50. The Labute approximate surface area is 107 Å². The summed E-state index contributed by atoms with van der Waals surface area (Å²) in [4.78, 5) is 25.4. The number of carbonyl (C=O) groups excluding carboxylic acids is 1. The van der Waals surface area contributed by atoms with Gasteiger partial charge in [0.2, 0.25) is 5.82 Å². The van der Waals surface area contributed by atoms with Crippen molar-refractivity contribution in [1.29, 1.82) is 0 Å². The molecule has 0 aliphatic carbocycles. The molecule has 2 rings (SSSR count). The third-order valence-electron chi connectivity index (χ3n) is 2.16. The van der Waals surface area contributed by atoms with Crippen LogP contribution in [0.4, 0.5) is 0 Å². The lowest BCUT2D eigenvalue weighted by atomic mass is 10.3. The fraction of sp³-hybridized carbons (Fsp3) is 0.182. The van der Waals surface area contributed by atoms with E-state index >= 15 is 0 Å². The summed E-state index contributed by atoms with van der Waals surface area (Å²) >= 11 is 5.75. The van der Waals surface area contributed by atoms with E-state index in [-0.39, 0.29) is 12.4 Å². The van der Waals surface area contributed by atoms with Crippen molar-refractivity contribution < 1.29 is 9.53 Å². The smallest absolute Gasteiger partial charge is 0.376 e. The zero-order chi connectivity index (χ0) is 13.1. The number of hydrogen-bond donors (Lipinski definition) is 1. The Morgan fingerprint density at radius 1 is 1.44 bits per heavy atom. The molecule has 1 N–H and O–H groups in total. The second-order valence-electron chi connectivity index (χ2n) is 3.39. The Balaban J connectivity index is 2.38. The van der Waals surface area contributed by atoms with E-state index in [4.69, 9.17) is 16.3 Å². The van der Waals surface area contributed by atoms with Gasteiger partial charge < -0.3 is 4.74 Å². The van der Waals surface area contributed by atoms with Crippen LogP contribution < -0.4 is 5.69 Å². The van der Waals surface area contributed by atoms with Crippen LogP contribution in [-0.2, 0) is 4.74 Å². The maximum absolute atomic E-state index is 11.6. The molecule has 0 aliphatic heterocycles. The van der Waals surface area contributed by atoms with Crippen molar-refractivity contribution in [3.05, 3.63) is 45.6 Å². The zero-order valence-electron chi connectivity index (χ0n) is 9.51. The molecular weight excluding hydrogens is 258 g/mol. The molecule has 0 bridgehead atoms. The number of rotatable bonds is 3. The molecule has 0 aliphatic rings. The van der Waals surface area contributed by atoms with Crippen molar-refractivity contribution in [1.82, 2.24) is 14.8 Å². The van der Waals surface area contributed by atoms with Crippen LogP contribution in [0.15, 0.2) is 29.1 Å². The predicted octanol–water partition coefficient (Wildman–Crippen LogP) is 1.39. The van der Waals surface area contributed by atoms with Crippen LogP contribution in [0, 0.1) is 0 Å². The van der Waals surface area contributed by atoms with Crippen molar-refractivity contribution in [2.75, 3.05) is 6.61 Å². The van der Waals surface area contributed by atoms with Crippen LogP contribution in [0.2, 0.25) is 5.02 Å². The summed E-state index contributed by atoms with van der Waals surface area (Å²) in [5.74, 6) is -0.792. The lowest BCUT2D eigenvalue weighted by Gasteiger charge is -1.98. The van der Waals surface area contributed by atoms with E-state index in [0.717, 1.165) is 4.68 Å². The van der Waals surface area contributed by atoms with Gasteiger partial charge in [0, 0.05) is 5.02 Å². The number of nitrogens with one attached hydrogen (secondary N) is 1. The molecule has 6 nitrogen and oxygen atoms in total. The lowest BCUT2D eigenvalue weighted by molar-refractivity contribution is 0.0512. The number of benzene rings is 1. The van der Waals surface area contributed by atoms with Gasteiger partial charge in [-0.05, 0) is 31.2 Å². The third-order valence-corrected chi connectivity index (χ3v) is 2.41. The largest absolute Gasteiger partial charge is 0.460 e. The van der Waals surface area contributed by atoms with E-state index in [0.29, 0.717) is 10.7 Å². The van der Waals surface area contributed by atoms with Gasteiger partial charge in [0.1, 0.15) is 0 Å². The molecule has 0 amide bonds. The SMILES string of the molecule is CCOC(=O)c1nn(-c2ccc(Cl)cc2)c(=O)[nH]1. The summed E-state index contributed by atoms with van der Waals surface area (Å²) in [6.45, 7) is 1.89. The number of carbonyl (C=O) groups is 1.